The van der Waals surface area contributed by atoms with E-state index in [1.165, 1.54) is 4.90 Å². The number of amides is 3. The number of hydrogen-bond acceptors (Lipinski definition) is 3. The van der Waals surface area contributed by atoms with E-state index in [1.807, 2.05) is 26.8 Å². The first-order valence-electron chi connectivity index (χ1n) is 6.05. The molecular formula is C12H18N4O2. The molecule has 1 saturated heterocycles. The van der Waals surface area contributed by atoms with Gasteiger partial charge in [-0.3, -0.25) is 14.4 Å². The van der Waals surface area contributed by atoms with Crippen LogP contribution in [0.2, 0.25) is 0 Å². The molecule has 0 bridgehead atoms. The van der Waals surface area contributed by atoms with Crippen LogP contribution in [0.1, 0.15) is 32.5 Å². The largest absolute Gasteiger partial charge is 0.326 e. The summed E-state index contributed by atoms with van der Waals surface area (Å²) >= 11 is 0. The van der Waals surface area contributed by atoms with Crippen molar-refractivity contribution < 1.29 is 9.59 Å². The molecule has 6 nitrogen and oxygen atoms in total. The lowest BCUT2D eigenvalue weighted by molar-refractivity contribution is -0.129. The molecule has 2 rings (SSSR count). The van der Waals surface area contributed by atoms with E-state index in [2.05, 4.69) is 10.4 Å². The molecule has 3 amide bonds. The number of hydrogen-bond donors (Lipinski definition) is 1. The Morgan fingerprint density at radius 2 is 2.00 bits per heavy atom. The minimum Gasteiger partial charge on any atom is -0.326 e. The van der Waals surface area contributed by atoms with Crippen molar-refractivity contribution in [2.45, 2.75) is 32.9 Å². The van der Waals surface area contributed by atoms with Gasteiger partial charge in [0.15, 0.2) is 0 Å². The second-order valence-corrected chi connectivity index (χ2v) is 4.97. The molecule has 18 heavy (non-hydrogen) atoms. The maximum absolute atomic E-state index is 12.2. The van der Waals surface area contributed by atoms with Gasteiger partial charge in [0.25, 0.3) is 5.91 Å². The van der Waals surface area contributed by atoms with Gasteiger partial charge in [0, 0.05) is 13.2 Å². The average molecular weight is 250 g/mol. The van der Waals surface area contributed by atoms with Gasteiger partial charge in [-0.2, -0.15) is 5.10 Å². The fourth-order valence-electron chi connectivity index (χ4n) is 2.12. The molecular weight excluding hydrogens is 232 g/mol. The number of urea groups is 1. The Labute approximate surface area is 106 Å². The summed E-state index contributed by atoms with van der Waals surface area (Å²) in [5.74, 6) is -0.0875. The summed E-state index contributed by atoms with van der Waals surface area (Å²) in [4.78, 5) is 25.3. The lowest BCUT2D eigenvalue weighted by atomic mass is 10.0. The van der Waals surface area contributed by atoms with E-state index < -0.39 is 6.04 Å². The van der Waals surface area contributed by atoms with Crippen LogP contribution in [0.25, 0.3) is 0 Å². The van der Waals surface area contributed by atoms with Gasteiger partial charge in [-0.05, 0) is 18.9 Å². The summed E-state index contributed by atoms with van der Waals surface area (Å²) in [6, 6.07) is 0.705. The summed E-state index contributed by atoms with van der Waals surface area (Å²) in [6.07, 6.45) is 1.80. The van der Waals surface area contributed by atoms with Crippen LogP contribution in [0.5, 0.6) is 0 Å². The highest BCUT2D eigenvalue weighted by atomic mass is 16.2. The summed E-state index contributed by atoms with van der Waals surface area (Å²) in [6.45, 7) is 5.64. The minimum atomic E-state index is -0.427. The number of aromatic nitrogens is 2. The van der Waals surface area contributed by atoms with Crippen LogP contribution in [0.15, 0.2) is 12.3 Å². The number of carbonyl (C=O) groups is 2. The molecule has 0 spiro atoms. The summed E-state index contributed by atoms with van der Waals surface area (Å²) in [5, 5.41) is 6.95. The van der Waals surface area contributed by atoms with Crippen LogP contribution in [-0.2, 0) is 11.8 Å². The van der Waals surface area contributed by atoms with Crippen molar-refractivity contribution in [2.75, 3.05) is 0 Å². The highest BCUT2D eigenvalue weighted by Crippen LogP contribution is 2.24. The fraction of sp³-hybridized carbons (Fsp3) is 0.583. The molecule has 0 radical (unpaired) electrons. The van der Waals surface area contributed by atoms with Gasteiger partial charge in [0.05, 0.1) is 11.7 Å². The Kier molecular flexibility index (Phi) is 3.11. The molecule has 0 aromatic carbocycles. The second-order valence-electron chi connectivity index (χ2n) is 4.97. The third kappa shape index (κ3) is 1.98. The first-order valence-corrected chi connectivity index (χ1v) is 6.05. The van der Waals surface area contributed by atoms with E-state index in [-0.39, 0.29) is 23.9 Å². The monoisotopic (exact) mass is 250 g/mol. The Bertz CT molecular complexity index is 480. The maximum atomic E-state index is 12.2. The molecule has 1 fully saturated rings. The number of imide groups is 1. The van der Waals surface area contributed by atoms with Gasteiger partial charge >= 0.3 is 6.03 Å². The van der Waals surface area contributed by atoms with E-state index in [0.29, 0.717) is 5.69 Å². The van der Waals surface area contributed by atoms with E-state index in [1.54, 1.807) is 17.9 Å². The van der Waals surface area contributed by atoms with Crippen LogP contribution in [0.3, 0.4) is 0 Å². The zero-order valence-corrected chi connectivity index (χ0v) is 11.0. The van der Waals surface area contributed by atoms with E-state index in [4.69, 9.17) is 0 Å². The quantitative estimate of drug-likeness (QED) is 0.816. The highest BCUT2D eigenvalue weighted by molar-refractivity contribution is 6.04. The van der Waals surface area contributed by atoms with Crippen LogP contribution >= 0.6 is 0 Å². The average Bonchev–Trinajstić information content (AvgIpc) is 2.83. The van der Waals surface area contributed by atoms with Crippen molar-refractivity contribution in [2.24, 2.45) is 13.0 Å². The molecule has 2 unspecified atom stereocenters. The van der Waals surface area contributed by atoms with Crippen molar-refractivity contribution in [1.82, 2.24) is 20.0 Å². The molecule has 1 aliphatic heterocycles. The predicted molar refractivity (Wildman–Crippen MR) is 65.6 cm³/mol. The van der Waals surface area contributed by atoms with Crippen molar-refractivity contribution in [1.29, 1.82) is 0 Å². The Morgan fingerprint density at radius 1 is 1.33 bits per heavy atom. The summed E-state index contributed by atoms with van der Waals surface area (Å²) in [5.41, 5.74) is 0.713. The summed E-state index contributed by atoms with van der Waals surface area (Å²) in [7, 11) is 1.80. The molecule has 0 saturated carbocycles. The number of nitrogens with zero attached hydrogens (tertiary/aromatic N) is 3. The third-order valence-corrected chi connectivity index (χ3v) is 3.22. The van der Waals surface area contributed by atoms with Crippen molar-refractivity contribution in [3.8, 4) is 0 Å². The van der Waals surface area contributed by atoms with Gasteiger partial charge in [0.2, 0.25) is 0 Å². The zero-order chi connectivity index (χ0) is 13.4. The normalized spacial score (nSPS) is 21.6. The van der Waals surface area contributed by atoms with Gasteiger partial charge in [0.1, 0.15) is 6.04 Å². The van der Waals surface area contributed by atoms with E-state index in [9.17, 15) is 9.59 Å². The molecule has 1 aromatic heterocycles. The number of aryl methyl sites for hydroxylation is 1. The molecule has 1 aromatic rings. The van der Waals surface area contributed by atoms with Crippen LogP contribution in [0.4, 0.5) is 4.79 Å². The lowest BCUT2D eigenvalue weighted by Crippen LogP contribution is -2.35. The smallest absolute Gasteiger partial charge is 0.325 e. The highest BCUT2D eigenvalue weighted by Gasteiger charge is 2.42. The van der Waals surface area contributed by atoms with Crippen molar-refractivity contribution in [3.63, 3.8) is 0 Å². The molecule has 0 aliphatic carbocycles. The Balaban J connectivity index is 2.23. The standard InChI is InChI=1S/C12H18N4O2/c1-7(2)10-11(17)16(12(18)13-10)8(3)9-5-6-15(4)14-9/h5-8,10H,1-4H3,(H,13,18). The number of rotatable bonds is 3. The topological polar surface area (TPSA) is 67.2 Å². The molecule has 1 N–H and O–H groups in total. The second kappa shape index (κ2) is 4.44. The molecule has 2 atom stereocenters. The van der Waals surface area contributed by atoms with E-state index >= 15 is 0 Å². The number of nitrogens with one attached hydrogen (secondary N) is 1. The molecule has 2 heterocycles. The van der Waals surface area contributed by atoms with Crippen LogP contribution in [-0.4, -0.2) is 32.7 Å². The predicted octanol–water partition coefficient (Wildman–Crippen LogP) is 1.06. The maximum Gasteiger partial charge on any atom is 0.325 e. The minimum absolute atomic E-state index is 0.0855. The first-order chi connectivity index (χ1) is 8.41. The van der Waals surface area contributed by atoms with Crippen molar-refractivity contribution >= 4 is 11.9 Å². The Hall–Kier alpha value is -1.85. The zero-order valence-electron chi connectivity index (χ0n) is 11.0. The third-order valence-electron chi connectivity index (χ3n) is 3.22. The van der Waals surface area contributed by atoms with Crippen molar-refractivity contribution in [3.05, 3.63) is 18.0 Å². The SMILES string of the molecule is CC(C)C1NC(=O)N(C(C)c2ccn(C)n2)C1=O. The van der Waals surface area contributed by atoms with Gasteiger partial charge in [-0.15, -0.1) is 0 Å². The molecule has 1 aliphatic rings. The fourth-order valence-corrected chi connectivity index (χ4v) is 2.12. The number of carbonyl (C=O) groups excluding carboxylic acids is 2. The lowest BCUT2D eigenvalue weighted by Gasteiger charge is -2.20. The van der Waals surface area contributed by atoms with Crippen LogP contribution < -0.4 is 5.32 Å². The molecule has 98 valence electrons. The van der Waals surface area contributed by atoms with Gasteiger partial charge in [-0.25, -0.2) is 4.79 Å². The molecule has 6 heteroatoms. The Morgan fingerprint density at radius 3 is 2.44 bits per heavy atom. The van der Waals surface area contributed by atoms with Gasteiger partial charge < -0.3 is 5.32 Å². The van der Waals surface area contributed by atoms with E-state index in [0.717, 1.165) is 0 Å². The summed E-state index contributed by atoms with van der Waals surface area (Å²) < 4.78 is 1.66. The van der Waals surface area contributed by atoms with Crippen LogP contribution in [0, 0.1) is 5.92 Å². The first kappa shape index (κ1) is 12.6. The van der Waals surface area contributed by atoms with Gasteiger partial charge in [-0.1, -0.05) is 13.8 Å².